The fraction of sp³-hybridized carbons (Fsp3) is 0.250. The number of rotatable bonds is 3. The molecule has 0 amide bonds. The summed E-state index contributed by atoms with van der Waals surface area (Å²) in [5.41, 5.74) is 0.573. The van der Waals surface area contributed by atoms with Crippen molar-refractivity contribution in [3.63, 3.8) is 0 Å². The summed E-state index contributed by atoms with van der Waals surface area (Å²) in [5, 5.41) is 0.393. The summed E-state index contributed by atoms with van der Waals surface area (Å²) >= 11 is 0. The summed E-state index contributed by atoms with van der Waals surface area (Å²) in [6, 6.07) is 5.10. The Morgan fingerprint density at radius 2 is 1.43 bits per heavy atom. The molecule has 0 radical (unpaired) electrons. The standard InChI is InChI=1S/C16H15NO6/c1-8-5-6-10-9(7-8)11(14(18)21-2)12(15(19)22-3)13(17-10)16(20)23-4/h5-7H,1-4H3. The summed E-state index contributed by atoms with van der Waals surface area (Å²) in [7, 11) is 3.48. The van der Waals surface area contributed by atoms with Crippen molar-refractivity contribution in [2.45, 2.75) is 6.92 Å². The third-order valence-corrected chi connectivity index (χ3v) is 3.30. The molecular weight excluding hydrogens is 302 g/mol. The van der Waals surface area contributed by atoms with E-state index in [1.54, 1.807) is 18.2 Å². The van der Waals surface area contributed by atoms with Crippen LogP contribution in [0.15, 0.2) is 18.2 Å². The monoisotopic (exact) mass is 317 g/mol. The second-order valence-corrected chi connectivity index (χ2v) is 4.71. The molecule has 0 aliphatic heterocycles. The van der Waals surface area contributed by atoms with Crippen molar-refractivity contribution in [2.75, 3.05) is 21.3 Å². The van der Waals surface area contributed by atoms with E-state index in [0.29, 0.717) is 10.9 Å². The van der Waals surface area contributed by atoms with E-state index in [2.05, 4.69) is 9.72 Å². The molecule has 7 heteroatoms. The summed E-state index contributed by atoms with van der Waals surface area (Å²) in [5.74, 6) is -2.49. The number of benzene rings is 1. The number of carbonyl (C=O) groups is 3. The van der Waals surface area contributed by atoms with Crippen LogP contribution in [0.5, 0.6) is 0 Å². The molecule has 0 unspecified atom stereocenters. The lowest BCUT2D eigenvalue weighted by Crippen LogP contribution is -2.20. The molecule has 0 aliphatic carbocycles. The quantitative estimate of drug-likeness (QED) is 0.630. The van der Waals surface area contributed by atoms with Gasteiger partial charge in [-0.05, 0) is 19.1 Å². The maximum Gasteiger partial charge on any atom is 0.357 e. The van der Waals surface area contributed by atoms with Gasteiger partial charge < -0.3 is 14.2 Å². The fourth-order valence-corrected chi connectivity index (χ4v) is 2.24. The number of esters is 3. The number of pyridine rings is 1. The largest absolute Gasteiger partial charge is 0.465 e. The Kier molecular flexibility index (Phi) is 4.59. The van der Waals surface area contributed by atoms with Gasteiger partial charge in [0.15, 0.2) is 5.69 Å². The lowest BCUT2D eigenvalue weighted by atomic mass is 9.98. The van der Waals surface area contributed by atoms with E-state index in [-0.39, 0.29) is 16.8 Å². The van der Waals surface area contributed by atoms with E-state index in [9.17, 15) is 14.4 Å². The molecule has 0 saturated carbocycles. The molecule has 2 rings (SSSR count). The fourth-order valence-electron chi connectivity index (χ4n) is 2.24. The van der Waals surface area contributed by atoms with Crippen molar-refractivity contribution in [3.05, 3.63) is 40.6 Å². The molecule has 0 saturated heterocycles. The van der Waals surface area contributed by atoms with E-state index < -0.39 is 17.9 Å². The van der Waals surface area contributed by atoms with Gasteiger partial charge in [-0.1, -0.05) is 11.6 Å². The van der Waals surface area contributed by atoms with E-state index in [1.165, 1.54) is 7.11 Å². The summed E-state index contributed by atoms with van der Waals surface area (Å²) < 4.78 is 14.1. The van der Waals surface area contributed by atoms with E-state index in [1.807, 2.05) is 6.92 Å². The van der Waals surface area contributed by atoms with Crippen molar-refractivity contribution in [1.29, 1.82) is 0 Å². The lowest BCUT2D eigenvalue weighted by Gasteiger charge is -2.13. The summed E-state index contributed by atoms with van der Waals surface area (Å²) in [6.45, 7) is 1.83. The second-order valence-electron chi connectivity index (χ2n) is 4.71. The molecule has 0 N–H and O–H groups in total. The molecule has 0 atom stereocenters. The number of carbonyl (C=O) groups excluding carboxylic acids is 3. The predicted molar refractivity (Wildman–Crippen MR) is 80.5 cm³/mol. The number of methoxy groups -OCH3 is 3. The van der Waals surface area contributed by atoms with Gasteiger partial charge >= 0.3 is 17.9 Å². The Hall–Kier alpha value is -2.96. The van der Waals surface area contributed by atoms with E-state index >= 15 is 0 Å². The van der Waals surface area contributed by atoms with Crippen LogP contribution in [0.2, 0.25) is 0 Å². The predicted octanol–water partition coefficient (Wildman–Crippen LogP) is 1.90. The number of hydrogen-bond donors (Lipinski definition) is 0. The minimum atomic E-state index is -0.873. The van der Waals surface area contributed by atoms with Gasteiger partial charge in [0.2, 0.25) is 0 Å². The van der Waals surface area contributed by atoms with Crippen LogP contribution < -0.4 is 0 Å². The minimum Gasteiger partial charge on any atom is -0.465 e. The number of aromatic nitrogens is 1. The number of nitrogens with zero attached hydrogens (tertiary/aromatic N) is 1. The van der Waals surface area contributed by atoms with Crippen LogP contribution in [0.1, 0.15) is 36.8 Å². The molecule has 1 aromatic carbocycles. The van der Waals surface area contributed by atoms with Crippen LogP contribution in [0.4, 0.5) is 0 Å². The summed E-state index contributed by atoms with van der Waals surface area (Å²) in [6.07, 6.45) is 0. The lowest BCUT2D eigenvalue weighted by molar-refractivity contribution is 0.0533. The smallest absolute Gasteiger partial charge is 0.357 e. The van der Waals surface area contributed by atoms with Crippen molar-refractivity contribution in [3.8, 4) is 0 Å². The first-order chi connectivity index (χ1) is 10.9. The first kappa shape index (κ1) is 16.4. The van der Waals surface area contributed by atoms with E-state index in [4.69, 9.17) is 9.47 Å². The summed E-state index contributed by atoms with van der Waals surface area (Å²) in [4.78, 5) is 40.5. The van der Waals surface area contributed by atoms with Gasteiger partial charge in [-0.25, -0.2) is 19.4 Å². The molecule has 120 valence electrons. The SMILES string of the molecule is COC(=O)c1nc2ccc(C)cc2c(C(=O)OC)c1C(=O)OC. The topological polar surface area (TPSA) is 91.8 Å². The van der Waals surface area contributed by atoms with Gasteiger partial charge in [-0.2, -0.15) is 0 Å². The molecule has 0 aliphatic rings. The van der Waals surface area contributed by atoms with Crippen LogP contribution in [-0.2, 0) is 14.2 Å². The first-order valence-corrected chi connectivity index (χ1v) is 6.63. The van der Waals surface area contributed by atoms with Crippen LogP contribution in [0, 0.1) is 6.92 Å². The molecule has 0 bridgehead atoms. The van der Waals surface area contributed by atoms with Crippen molar-refractivity contribution in [1.82, 2.24) is 4.98 Å². The molecule has 23 heavy (non-hydrogen) atoms. The maximum absolute atomic E-state index is 12.2. The zero-order valence-corrected chi connectivity index (χ0v) is 13.1. The van der Waals surface area contributed by atoms with E-state index in [0.717, 1.165) is 19.8 Å². The Morgan fingerprint density at radius 1 is 0.870 bits per heavy atom. The Labute approximate surface area is 132 Å². The number of fused-ring (bicyclic) bond motifs is 1. The minimum absolute atomic E-state index is 0.0755. The molecule has 2 aromatic rings. The average Bonchev–Trinajstić information content (AvgIpc) is 2.57. The van der Waals surface area contributed by atoms with Crippen LogP contribution >= 0.6 is 0 Å². The van der Waals surface area contributed by atoms with Gasteiger partial charge in [0.05, 0.1) is 32.4 Å². The Bertz CT molecular complexity index is 812. The van der Waals surface area contributed by atoms with Crippen LogP contribution in [0.25, 0.3) is 10.9 Å². The third kappa shape index (κ3) is 2.85. The highest BCUT2D eigenvalue weighted by Gasteiger charge is 2.30. The van der Waals surface area contributed by atoms with Gasteiger partial charge in [-0.15, -0.1) is 0 Å². The Balaban J connectivity index is 3.01. The Morgan fingerprint density at radius 3 is 2.00 bits per heavy atom. The van der Waals surface area contributed by atoms with Crippen molar-refractivity contribution < 1.29 is 28.6 Å². The second kappa shape index (κ2) is 6.43. The number of aryl methyl sites for hydroxylation is 1. The molecule has 7 nitrogen and oxygen atoms in total. The molecular formula is C16H15NO6. The van der Waals surface area contributed by atoms with Crippen molar-refractivity contribution in [2.24, 2.45) is 0 Å². The maximum atomic E-state index is 12.2. The van der Waals surface area contributed by atoms with Gasteiger partial charge in [0, 0.05) is 5.39 Å². The number of hydrogen-bond acceptors (Lipinski definition) is 7. The molecule has 0 fully saturated rings. The first-order valence-electron chi connectivity index (χ1n) is 6.63. The highest BCUT2D eigenvalue weighted by molar-refractivity contribution is 6.16. The zero-order chi connectivity index (χ0) is 17.1. The van der Waals surface area contributed by atoms with Gasteiger partial charge in [0.25, 0.3) is 0 Å². The van der Waals surface area contributed by atoms with Gasteiger partial charge in [0.1, 0.15) is 5.56 Å². The molecule has 0 spiro atoms. The zero-order valence-electron chi connectivity index (χ0n) is 13.1. The van der Waals surface area contributed by atoms with Crippen molar-refractivity contribution >= 4 is 28.8 Å². The average molecular weight is 317 g/mol. The molecule has 1 aromatic heterocycles. The van der Waals surface area contributed by atoms with Crippen LogP contribution in [-0.4, -0.2) is 44.2 Å². The third-order valence-electron chi connectivity index (χ3n) is 3.30. The molecule has 1 heterocycles. The van der Waals surface area contributed by atoms with Crippen LogP contribution in [0.3, 0.4) is 0 Å². The normalized spacial score (nSPS) is 10.3. The number of ether oxygens (including phenoxy) is 3. The highest BCUT2D eigenvalue weighted by Crippen LogP contribution is 2.26. The highest BCUT2D eigenvalue weighted by atomic mass is 16.5. The van der Waals surface area contributed by atoms with Gasteiger partial charge in [-0.3, -0.25) is 0 Å².